The van der Waals surface area contributed by atoms with Crippen molar-refractivity contribution in [1.29, 1.82) is 0 Å². The first-order valence-corrected chi connectivity index (χ1v) is 9.81. The average molecular weight is 465 g/mol. The highest BCUT2D eigenvalue weighted by molar-refractivity contribution is 6.02. The topological polar surface area (TPSA) is 91.2 Å². The molecule has 2 atom stereocenters. The molecule has 1 aliphatic rings. The maximum absolute atomic E-state index is 15.2. The third kappa shape index (κ3) is 3.43. The highest BCUT2D eigenvalue weighted by atomic mass is 19.4. The third-order valence-corrected chi connectivity index (χ3v) is 5.43. The number of aromatic amines is 1. The Hall–Kier alpha value is -3.77. The van der Waals surface area contributed by atoms with E-state index in [4.69, 9.17) is 0 Å². The smallest absolute Gasteiger partial charge is 0.374 e. The second-order valence-corrected chi connectivity index (χ2v) is 7.96. The lowest BCUT2D eigenvalue weighted by atomic mass is 9.97. The zero-order valence-electron chi connectivity index (χ0n) is 17.2. The summed E-state index contributed by atoms with van der Waals surface area (Å²) in [5.41, 5.74) is -2.09. The van der Waals surface area contributed by atoms with Gasteiger partial charge in [-0.3, -0.25) is 9.89 Å². The van der Waals surface area contributed by atoms with E-state index >= 15 is 4.39 Å². The summed E-state index contributed by atoms with van der Waals surface area (Å²) in [6, 6.07) is 2.66. The van der Waals surface area contributed by atoms with Gasteiger partial charge in [0.15, 0.2) is 17.3 Å². The molecule has 0 aliphatic heterocycles. The number of anilines is 2. The molecule has 0 spiro atoms. The van der Waals surface area contributed by atoms with Gasteiger partial charge in [0.2, 0.25) is 5.91 Å². The van der Waals surface area contributed by atoms with E-state index in [2.05, 4.69) is 25.6 Å². The number of hydrogen-bond acceptors (Lipinski definition) is 5. The third-order valence-electron chi connectivity index (χ3n) is 5.43. The van der Waals surface area contributed by atoms with Gasteiger partial charge in [-0.1, -0.05) is 0 Å². The number of hydrogen-bond donors (Lipinski definition) is 2. The van der Waals surface area contributed by atoms with Crippen molar-refractivity contribution in [3.63, 3.8) is 0 Å². The van der Waals surface area contributed by atoms with Gasteiger partial charge in [0.05, 0.1) is 35.2 Å². The highest BCUT2D eigenvalue weighted by Crippen LogP contribution is 2.46. The molecule has 5 rings (SSSR count). The van der Waals surface area contributed by atoms with Gasteiger partial charge in [0.25, 0.3) is 0 Å². The van der Waals surface area contributed by atoms with Crippen molar-refractivity contribution in [3.05, 3.63) is 35.9 Å². The normalized spacial score (nSPS) is 18.2. The fourth-order valence-electron chi connectivity index (χ4n) is 3.81. The van der Waals surface area contributed by atoms with Gasteiger partial charge in [-0.15, -0.1) is 0 Å². The molecule has 0 radical (unpaired) electrons. The Morgan fingerprint density at radius 2 is 2.03 bits per heavy atom. The number of aromatic nitrogens is 5. The summed E-state index contributed by atoms with van der Waals surface area (Å²) in [5, 5.41) is 13.0. The zero-order chi connectivity index (χ0) is 23.7. The second kappa shape index (κ2) is 7.12. The van der Waals surface area contributed by atoms with Crippen LogP contribution in [0, 0.1) is 11.7 Å². The van der Waals surface area contributed by atoms with Crippen LogP contribution in [0.3, 0.4) is 0 Å². The number of fused-ring (bicyclic) bond motifs is 2. The quantitative estimate of drug-likeness (QED) is 0.448. The number of nitrogens with zero attached hydrogens (tertiary/aromatic N) is 5. The Morgan fingerprint density at radius 3 is 2.67 bits per heavy atom. The molecule has 0 saturated heterocycles. The summed E-state index contributed by atoms with van der Waals surface area (Å²) in [6.45, 7) is 0. The van der Waals surface area contributed by atoms with Gasteiger partial charge in [-0.25, -0.2) is 18.3 Å². The summed E-state index contributed by atoms with van der Waals surface area (Å²) >= 11 is 0. The van der Waals surface area contributed by atoms with E-state index in [1.807, 2.05) is 0 Å². The van der Waals surface area contributed by atoms with Crippen LogP contribution in [0.4, 0.5) is 33.5 Å². The van der Waals surface area contributed by atoms with E-state index in [9.17, 15) is 22.4 Å². The summed E-state index contributed by atoms with van der Waals surface area (Å²) in [4.78, 5) is 17.3. The minimum Gasteiger partial charge on any atom is -0.374 e. The summed E-state index contributed by atoms with van der Waals surface area (Å²) in [6.07, 6.45) is -3.60. The number of carbonyl (C=O) groups is 1. The molecule has 33 heavy (non-hydrogen) atoms. The maximum Gasteiger partial charge on any atom is 0.419 e. The molecule has 1 amide bonds. The minimum absolute atomic E-state index is 0.0376. The fraction of sp³-hybridized carbons (Fsp3) is 0.300. The molecule has 2 unspecified atom stereocenters. The number of rotatable bonds is 4. The number of nitrogens with one attached hydrogen (secondary N) is 2. The van der Waals surface area contributed by atoms with Crippen molar-refractivity contribution in [2.45, 2.75) is 18.8 Å². The van der Waals surface area contributed by atoms with Crippen LogP contribution in [0.15, 0.2) is 24.5 Å². The fourth-order valence-corrected chi connectivity index (χ4v) is 3.81. The van der Waals surface area contributed by atoms with Gasteiger partial charge in [-0.2, -0.15) is 23.4 Å². The number of H-pyrrole nitrogens is 1. The Labute approximate surface area is 182 Å². The highest BCUT2D eigenvalue weighted by Gasteiger charge is 2.44. The van der Waals surface area contributed by atoms with Crippen LogP contribution in [0.1, 0.15) is 12.0 Å². The zero-order valence-corrected chi connectivity index (χ0v) is 17.2. The predicted octanol–water partition coefficient (Wildman–Crippen LogP) is 3.79. The standard InChI is InChI=1S/C20H16F5N7O/c1-31(2)18-16(22)15(20(23,24)25)14(9-6-26-29-17(9)18)11-3-4-13-27-12(7-32(13)30-11)28-19(33)8-5-10(8)21/h3-4,6-8,10H,5H2,1-2H3,(H,26,29)(H,28,33). The molecule has 2 N–H and O–H groups in total. The van der Waals surface area contributed by atoms with E-state index in [1.54, 1.807) is 0 Å². The molecule has 3 aromatic heterocycles. The van der Waals surface area contributed by atoms with Crippen LogP contribution in [-0.4, -0.2) is 51.0 Å². The van der Waals surface area contributed by atoms with E-state index in [1.165, 1.54) is 43.5 Å². The van der Waals surface area contributed by atoms with Crippen LogP contribution in [-0.2, 0) is 11.0 Å². The Bertz CT molecular complexity index is 1410. The molecule has 1 aliphatic carbocycles. The first-order valence-electron chi connectivity index (χ1n) is 9.81. The minimum atomic E-state index is -5.02. The van der Waals surface area contributed by atoms with Gasteiger partial charge in [0.1, 0.15) is 11.7 Å². The van der Waals surface area contributed by atoms with Crippen LogP contribution in [0.5, 0.6) is 0 Å². The molecule has 1 fully saturated rings. The lowest BCUT2D eigenvalue weighted by molar-refractivity contribution is -0.139. The lowest BCUT2D eigenvalue weighted by Gasteiger charge is -2.21. The molecule has 172 valence electrons. The number of benzene rings is 1. The SMILES string of the molecule is CN(C)c1c(F)c(C(F)(F)F)c(-c2ccc3nc(NC(=O)C4CC4F)cn3n2)c2cn[nH]c12. The van der Waals surface area contributed by atoms with Crippen molar-refractivity contribution in [3.8, 4) is 11.3 Å². The van der Waals surface area contributed by atoms with Crippen LogP contribution in [0.2, 0.25) is 0 Å². The Morgan fingerprint density at radius 1 is 1.30 bits per heavy atom. The average Bonchev–Trinajstić information content (AvgIpc) is 3.10. The summed E-state index contributed by atoms with van der Waals surface area (Å²) in [5.74, 6) is -2.65. The lowest BCUT2D eigenvalue weighted by Crippen LogP contribution is -2.18. The second-order valence-electron chi connectivity index (χ2n) is 7.96. The van der Waals surface area contributed by atoms with E-state index in [0.717, 1.165) is 4.52 Å². The summed E-state index contributed by atoms with van der Waals surface area (Å²) in [7, 11) is 2.85. The van der Waals surface area contributed by atoms with E-state index < -0.39 is 41.1 Å². The number of imidazole rings is 1. The summed E-state index contributed by atoms with van der Waals surface area (Å²) < 4.78 is 71.6. The predicted molar refractivity (Wildman–Crippen MR) is 109 cm³/mol. The monoisotopic (exact) mass is 465 g/mol. The van der Waals surface area contributed by atoms with Crippen molar-refractivity contribution < 1.29 is 26.7 Å². The number of carbonyl (C=O) groups excluding carboxylic acids is 1. The number of alkyl halides is 4. The molecule has 3 heterocycles. The van der Waals surface area contributed by atoms with Crippen LogP contribution >= 0.6 is 0 Å². The largest absolute Gasteiger partial charge is 0.419 e. The van der Waals surface area contributed by atoms with Crippen LogP contribution in [0.25, 0.3) is 27.8 Å². The molecule has 1 saturated carbocycles. The Kier molecular flexibility index (Phi) is 4.55. The molecule has 8 nitrogen and oxygen atoms in total. The van der Waals surface area contributed by atoms with Gasteiger partial charge in [0, 0.05) is 25.0 Å². The number of amides is 1. The molecular formula is C20H16F5N7O. The van der Waals surface area contributed by atoms with Gasteiger partial charge < -0.3 is 10.2 Å². The van der Waals surface area contributed by atoms with Crippen molar-refractivity contribution in [2.75, 3.05) is 24.3 Å². The van der Waals surface area contributed by atoms with Crippen molar-refractivity contribution in [2.24, 2.45) is 5.92 Å². The van der Waals surface area contributed by atoms with E-state index in [-0.39, 0.29) is 40.2 Å². The first kappa shape index (κ1) is 21.1. The first-order chi connectivity index (χ1) is 15.6. The van der Waals surface area contributed by atoms with Gasteiger partial charge >= 0.3 is 6.18 Å². The molecule has 13 heteroatoms. The van der Waals surface area contributed by atoms with Crippen molar-refractivity contribution in [1.82, 2.24) is 24.8 Å². The van der Waals surface area contributed by atoms with Gasteiger partial charge in [-0.05, 0) is 18.6 Å². The van der Waals surface area contributed by atoms with Crippen molar-refractivity contribution >= 4 is 34.0 Å². The van der Waals surface area contributed by atoms with E-state index in [0.29, 0.717) is 0 Å². The number of halogens is 5. The Balaban J connectivity index is 1.67. The molecular weight excluding hydrogens is 449 g/mol. The van der Waals surface area contributed by atoms with Crippen LogP contribution < -0.4 is 10.2 Å². The molecule has 4 aromatic rings. The molecule has 1 aromatic carbocycles. The maximum atomic E-state index is 15.2. The molecule has 0 bridgehead atoms.